The lowest BCUT2D eigenvalue weighted by Crippen LogP contribution is -2.14. The summed E-state index contributed by atoms with van der Waals surface area (Å²) >= 11 is 2.28. The normalized spacial score (nSPS) is 18.4. The standard InChI is InChI=1S/C14H16INO/c1-10-6-7-12(9-13(10)15)16-14(17)8-11-4-2-3-5-11/h2,4,6-7,9,11H,3,5,8H2,1H3,(H,16,17)/t11-/m1/s1. The quantitative estimate of drug-likeness (QED) is 0.656. The Morgan fingerprint density at radius 2 is 2.35 bits per heavy atom. The molecule has 0 saturated heterocycles. The molecule has 1 aromatic carbocycles. The molecule has 0 radical (unpaired) electrons. The van der Waals surface area contributed by atoms with Crippen molar-refractivity contribution in [3.05, 3.63) is 39.5 Å². The number of anilines is 1. The van der Waals surface area contributed by atoms with Crippen LogP contribution >= 0.6 is 22.6 Å². The number of amides is 1. The minimum Gasteiger partial charge on any atom is -0.326 e. The first-order valence-electron chi connectivity index (χ1n) is 5.88. The number of aryl methyl sites for hydroxylation is 1. The van der Waals surface area contributed by atoms with Crippen LogP contribution in [0.15, 0.2) is 30.4 Å². The molecule has 90 valence electrons. The van der Waals surface area contributed by atoms with Crippen molar-refractivity contribution >= 4 is 34.2 Å². The van der Waals surface area contributed by atoms with Gasteiger partial charge in [0.2, 0.25) is 5.91 Å². The maximum atomic E-state index is 11.8. The summed E-state index contributed by atoms with van der Waals surface area (Å²) in [6.07, 6.45) is 7.13. The number of carbonyl (C=O) groups excluding carboxylic acids is 1. The van der Waals surface area contributed by atoms with Gasteiger partial charge in [-0.05, 0) is 66.0 Å². The fraction of sp³-hybridized carbons (Fsp3) is 0.357. The SMILES string of the molecule is Cc1ccc(NC(=O)C[C@@H]2C=CCC2)cc1I. The third kappa shape index (κ3) is 3.56. The number of hydrogen-bond acceptors (Lipinski definition) is 1. The molecule has 17 heavy (non-hydrogen) atoms. The van der Waals surface area contributed by atoms with Crippen molar-refractivity contribution in [3.8, 4) is 0 Å². The van der Waals surface area contributed by atoms with Crippen LogP contribution in [0.3, 0.4) is 0 Å². The third-order valence-electron chi connectivity index (χ3n) is 3.02. The number of carbonyl (C=O) groups is 1. The van der Waals surface area contributed by atoms with Gasteiger partial charge in [-0.15, -0.1) is 0 Å². The molecule has 1 atom stereocenters. The largest absolute Gasteiger partial charge is 0.326 e. The summed E-state index contributed by atoms with van der Waals surface area (Å²) < 4.78 is 1.18. The van der Waals surface area contributed by atoms with E-state index >= 15 is 0 Å². The van der Waals surface area contributed by atoms with Crippen LogP contribution in [-0.2, 0) is 4.79 Å². The minimum atomic E-state index is 0.112. The first kappa shape index (κ1) is 12.6. The smallest absolute Gasteiger partial charge is 0.224 e. The molecule has 0 spiro atoms. The van der Waals surface area contributed by atoms with Crippen LogP contribution < -0.4 is 5.32 Å². The van der Waals surface area contributed by atoms with E-state index in [2.05, 4.69) is 47.0 Å². The summed E-state index contributed by atoms with van der Waals surface area (Å²) in [6.45, 7) is 2.07. The fourth-order valence-corrected chi connectivity index (χ4v) is 2.50. The van der Waals surface area contributed by atoms with Crippen LogP contribution in [0.2, 0.25) is 0 Å². The van der Waals surface area contributed by atoms with Gasteiger partial charge in [-0.3, -0.25) is 4.79 Å². The van der Waals surface area contributed by atoms with Crippen molar-refractivity contribution in [1.82, 2.24) is 0 Å². The van der Waals surface area contributed by atoms with E-state index in [0.29, 0.717) is 12.3 Å². The Bertz CT molecular complexity index is 454. The van der Waals surface area contributed by atoms with Crippen molar-refractivity contribution in [2.24, 2.45) is 5.92 Å². The third-order valence-corrected chi connectivity index (χ3v) is 4.18. The molecule has 2 nitrogen and oxygen atoms in total. The Balaban J connectivity index is 1.93. The molecule has 0 unspecified atom stereocenters. The number of halogens is 1. The van der Waals surface area contributed by atoms with E-state index in [9.17, 15) is 4.79 Å². The van der Waals surface area contributed by atoms with E-state index in [4.69, 9.17) is 0 Å². The zero-order valence-electron chi connectivity index (χ0n) is 9.87. The molecule has 2 rings (SSSR count). The molecule has 3 heteroatoms. The predicted octanol–water partition coefficient (Wildman–Crippen LogP) is 3.89. The van der Waals surface area contributed by atoms with Gasteiger partial charge in [0.1, 0.15) is 0 Å². The van der Waals surface area contributed by atoms with Crippen molar-refractivity contribution in [1.29, 1.82) is 0 Å². The van der Waals surface area contributed by atoms with Gasteiger partial charge < -0.3 is 5.32 Å². The Hall–Kier alpha value is -0.840. The van der Waals surface area contributed by atoms with Crippen molar-refractivity contribution in [2.75, 3.05) is 5.32 Å². The van der Waals surface area contributed by atoms with Gasteiger partial charge in [-0.1, -0.05) is 18.2 Å². The molecule has 0 aliphatic heterocycles. The number of benzene rings is 1. The Morgan fingerprint density at radius 3 is 3.00 bits per heavy atom. The Kier molecular flexibility index (Phi) is 4.20. The second-order valence-corrected chi connectivity index (χ2v) is 5.64. The zero-order valence-corrected chi connectivity index (χ0v) is 12.0. The maximum Gasteiger partial charge on any atom is 0.224 e. The number of rotatable bonds is 3. The van der Waals surface area contributed by atoms with Crippen LogP contribution in [0.4, 0.5) is 5.69 Å². The molecule has 0 saturated carbocycles. The summed E-state index contributed by atoms with van der Waals surface area (Å²) in [7, 11) is 0. The molecule has 0 bridgehead atoms. The molecule has 1 N–H and O–H groups in total. The lowest BCUT2D eigenvalue weighted by atomic mass is 10.1. The van der Waals surface area contributed by atoms with Crippen LogP contribution in [-0.4, -0.2) is 5.91 Å². The van der Waals surface area contributed by atoms with E-state index in [-0.39, 0.29) is 5.91 Å². The number of allylic oxidation sites excluding steroid dienone is 2. The van der Waals surface area contributed by atoms with Gasteiger partial charge in [0.15, 0.2) is 0 Å². The lowest BCUT2D eigenvalue weighted by Gasteiger charge is -2.09. The van der Waals surface area contributed by atoms with Gasteiger partial charge in [0.05, 0.1) is 0 Å². The molecule has 1 amide bonds. The van der Waals surface area contributed by atoms with E-state index in [0.717, 1.165) is 18.5 Å². The topological polar surface area (TPSA) is 29.1 Å². The molecular formula is C14H16INO. The first-order valence-corrected chi connectivity index (χ1v) is 6.95. The highest BCUT2D eigenvalue weighted by molar-refractivity contribution is 14.1. The van der Waals surface area contributed by atoms with Gasteiger partial charge in [-0.2, -0.15) is 0 Å². The van der Waals surface area contributed by atoms with E-state index in [1.165, 1.54) is 9.13 Å². The highest BCUT2D eigenvalue weighted by Crippen LogP contribution is 2.22. The van der Waals surface area contributed by atoms with Crippen molar-refractivity contribution in [2.45, 2.75) is 26.2 Å². The Labute approximate surface area is 116 Å². The van der Waals surface area contributed by atoms with E-state index < -0.39 is 0 Å². The van der Waals surface area contributed by atoms with Gasteiger partial charge in [0.25, 0.3) is 0 Å². The van der Waals surface area contributed by atoms with Crippen molar-refractivity contribution < 1.29 is 4.79 Å². The van der Waals surface area contributed by atoms with Crippen LogP contribution in [0.1, 0.15) is 24.8 Å². The summed E-state index contributed by atoms with van der Waals surface area (Å²) in [4.78, 5) is 11.8. The predicted molar refractivity (Wildman–Crippen MR) is 79.0 cm³/mol. The second-order valence-electron chi connectivity index (χ2n) is 4.48. The van der Waals surface area contributed by atoms with Crippen molar-refractivity contribution in [3.63, 3.8) is 0 Å². The Morgan fingerprint density at radius 1 is 1.53 bits per heavy atom. The molecule has 0 aromatic heterocycles. The molecular weight excluding hydrogens is 325 g/mol. The molecule has 1 aliphatic rings. The minimum absolute atomic E-state index is 0.112. The fourth-order valence-electron chi connectivity index (χ4n) is 1.99. The number of hydrogen-bond donors (Lipinski definition) is 1. The number of nitrogens with one attached hydrogen (secondary N) is 1. The lowest BCUT2D eigenvalue weighted by molar-refractivity contribution is -0.116. The second kappa shape index (κ2) is 5.67. The van der Waals surface area contributed by atoms with Crippen LogP contribution in [0.5, 0.6) is 0 Å². The average molecular weight is 341 g/mol. The van der Waals surface area contributed by atoms with E-state index in [1.807, 2.05) is 18.2 Å². The molecule has 0 heterocycles. The summed E-state index contributed by atoms with van der Waals surface area (Å²) in [6, 6.07) is 6.00. The van der Waals surface area contributed by atoms with Gasteiger partial charge >= 0.3 is 0 Å². The summed E-state index contributed by atoms with van der Waals surface area (Å²) in [5.74, 6) is 0.542. The van der Waals surface area contributed by atoms with E-state index in [1.54, 1.807) is 0 Å². The monoisotopic (exact) mass is 341 g/mol. The van der Waals surface area contributed by atoms with Crippen LogP contribution in [0, 0.1) is 16.4 Å². The maximum absolute atomic E-state index is 11.8. The summed E-state index contributed by atoms with van der Waals surface area (Å²) in [5, 5.41) is 2.96. The molecule has 1 aromatic rings. The highest BCUT2D eigenvalue weighted by Gasteiger charge is 2.14. The molecule has 1 aliphatic carbocycles. The molecule has 0 fully saturated rings. The average Bonchev–Trinajstić information content (AvgIpc) is 2.76. The zero-order chi connectivity index (χ0) is 12.3. The van der Waals surface area contributed by atoms with Gasteiger partial charge in [0, 0.05) is 15.7 Å². The highest BCUT2D eigenvalue weighted by atomic mass is 127. The van der Waals surface area contributed by atoms with Crippen LogP contribution in [0.25, 0.3) is 0 Å². The van der Waals surface area contributed by atoms with Gasteiger partial charge in [-0.25, -0.2) is 0 Å². The summed E-state index contributed by atoms with van der Waals surface area (Å²) in [5.41, 5.74) is 2.13. The first-order chi connectivity index (χ1) is 8.15.